The molecule has 8 heteroatoms. The summed E-state index contributed by atoms with van der Waals surface area (Å²) in [6.45, 7) is 7.04. The highest BCUT2D eigenvalue weighted by atomic mass is 19.1. The lowest BCUT2D eigenvalue weighted by molar-refractivity contribution is -0.122. The van der Waals surface area contributed by atoms with Crippen LogP contribution in [0.4, 0.5) is 8.78 Å². The average Bonchev–Trinajstić information content (AvgIpc) is 2.88. The average molecular weight is 418 g/mol. The van der Waals surface area contributed by atoms with Gasteiger partial charge in [0, 0.05) is 31.8 Å². The van der Waals surface area contributed by atoms with Crippen molar-refractivity contribution in [3.05, 3.63) is 74.3 Å². The van der Waals surface area contributed by atoms with Gasteiger partial charge in [-0.15, -0.1) is 0 Å². The highest BCUT2D eigenvalue weighted by Crippen LogP contribution is 2.44. The number of ether oxygens (including phenoxy) is 1. The van der Waals surface area contributed by atoms with Crippen LogP contribution in [0.25, 0.3) is 6.08 Å². The number of hydrogen-bond donors (Lipinski definition) is 3. The molecule has 6 nitrogen and oxygen atoms in total. The first kappa shape index (κ1) is 20.1. The fraction of sp³-hybridized carbons (Fsp3) is 0.318. The number of benzene rings is 1. The lowest BCUT2D eigenvalue weighted by Crippen LogP contribution is -2.43. The van der Waals surface area contributed by atoms with E-state index in [0.29, 0.717) is 16.8 Å². The molecule has 2 aliphatic rings. The van der Waals surface area contributed by atoms with Crippen LogP contribution in [0, 0.1) is 24.6 Å². The van der Waals surface area contributed by atoms with Crippen LogP contribution in [-0.2, 0) is 11.2 Å². The van der Waals surface area contributed by atoms with Gasteiger partial charge in [0.2, 0.25) is 5.91 Å². The van der Waals surface area contributed by atoms with Crippen molar-refractivity contribution >= 4 is 12.0 Å². The predicted molar refractivity (Wildman–Crippen MR) is 112 cm³/mol. The molecule has 1 aromatic heterocycles. The molecule has 3 N–H and O–H groups in total. The molecule has 161 valence electrons. The van der Waals surface area contributed by atoms with Crippen molar-refractivity contribution in [2.24, 2.45) is 0 Å². The van der Waals surface area contributed by atoms with Crippen molar-refractivity contribution in [3.8, 4) is 5.75 Å². The fourth-order valence-corrected chi connectivity index (χ4v) is 4.16. The third-order valence-electron chi connectivity index (χ3n) is 5.60. The smallest absolute Gasteiger partial charge is 0.252 e. The molecule has 1 atom stereocenters. The molecule has 1 amide bonds. The van der Waals surface area contributed by atoms with Crippen LogP contribution in [0.2, 0.25) is 0 Å². The zero-order chi connectivity index (χ0) is 21.8. The van der Waals surface area contributed by atoms with E-state index in [1.165, 1.54) is 0 Å². The number of aromatic amines is 1. The predicted octanol–water partition coefficient (Wildman–Crippen LogP) is 3.50. The van der Waals surface area contributed by atoms with Crippen molar-refractivity contribution in [2.75, 3.05) is 0 Å². The number of aromatic nitrogens is 1. The second-order valence-corrected chi connectivity index (χ2v) is 8.13. The Kier molecular flexibility index (Phi) is 4.67. The van der Waals surface area contributed by atoms with Crippen molar-refractivity contribution in [1.82, 2.24) is 15.6 Å². The second kappa shape index (κ2) is 6.97. The summed E-state index contributed by atoms with van der Waals surface area (Å²) in [6, 6.07) is 1.91. The van der Waals surface area contributed by atoms with E-state index in [9.17, 15) is 18.4 Å². The van der Waals surface area contributed by atoms with Crippen molar-refractivity contribution in [1.29, 1.82) is 0 Å². The van der Waals surface area contributed by atoms with Crippen LogP contribution < -0.4 is 20.9 Å². The van der Waals surface area contributed by atoms with E-state index in [1.54, 1.807) is 33.0 Å². The van der Waals surface area contributed by atoms with E-state index in [0.717, 1.165) is 23.7 Å². The van der Waals surface area contributed by atoms with Gasteiger partial charge in [-0.2, -0.15) is 0 Å². The topological polar surface area (TPSA) is 83.2 Å². The molecular formula is C22H26F2N3O3. The van der Waals surface area contributed by atoms with Crippen LogP contribution in [0.1, 0.15) is 57.6 Å². The van der Waals surface area contributed by atoms with Crippen LogP contribution in [0.15, 0.2) is 23.1 Å². The maximum Gasteiger partial charge on any atom is 0.252 e. The van der Waals surface area contributed by atoms with Gasteiger partial charge in [0.05, 0.1) is 24.1 Å². The Labute approximate surface area is 175 Å². The third-order valence-corrected chi connectivity index (χ3v) is 5.60. The highest BCUT2D eigenvalue weighted by Gasteiger charge is 2.44. The number of rotatable bonds is 3. The molecule has 0 aliphatic carbocycles. The Morgan fingerprint density at radius 1 is 1.30 bits per heavy atom. The summed E-state index contributed by atoms with van der Waals surface area (Å²) in [5, 5.41) is 5.86. The monoisotopic (exact) mass is 418 g/mol. The Bertz CT molecular complexity index is 1150. The van der Waals surface area contributed by atoms with Gasteiger partial charge in [-0.05, 0) is 45.5 Å². The quantitative estimate of drug-likeness (QED) is 0.713. The van der Waals surface area contributed by atoms with E-state index in [-0.39, 0.29) is 26.1 Å². The Morgan fingerprint density at radius 3 is 2.77 bits per heavy atom. The summed E-state index contributed by atoms with van der Waals surface area (Å²) in [4.78, 5) is 28.2. The highest BCUT2D eigenvalue weighted by molar-refractivity contribution is 5.80. The van der Waals surface area contributed by atoms with Gasteiger partial charge in [-0.3, -0.25) is 9.59 Å². The molecule has 4 rings (SSSR count). The molecule has 1 aromatic carbocycles. The van der Waals surface area contributed by atoms with Crippen LogP contribution in [-0.4, -0.2) is 16.5 Å². The summed E-state index contributed by atoms with van der Waals surface area (Å²) in [7, 11) is 0. The maximum atomic E-state index is 14.4. The Morgan fingerprint density at radius 2 is 2.03 bits per heavy atom. The minimum absolute atomic E-state index is 0. The number of pyridine rings is 1. The molecule has 2 aliphatic heterocycles. The molecule has 30 heavy (non-hydrogen) atoms. The maximum absolute atomic E-state index is 14.4. The van der Waals surface area contributed by atoms with Gasteiger partial charge in [-0.25, -0.2) is 8.78 Å². The van der Waals surface area contributed by atoms with E-state index in [4.69, 9.17) is 4.74 Å². The van der Waals surface area contributed by atoms with Crippen molar-refractivity contribution in [3.63, 3.8) is 0 Å². The first-order chi connectivity index (χ1) is 14.1. The van der Waals surface area contributed by atoms with Crippen LogP contribution in [0.3, 0.4) is 0 Å². The molecular weight excluding hydrogens is 392 g/mol. The van der Waals surface area contributed by atoms with Gasteiger partial charge in [-0.1, -0.05) is 0 Å². The summed E-state index contributed by atoms with van der Waals surface area (Å²) < 4.78 is 33.7. The lowest BCUT2D eigenvalue weighted by Gasteiger charge is -2.27. The lowest BCUT2D eigenvalue weighted by atomic mass is 9.92. The standard InChI is InChI=1S/C22H22F2N3O3.2H2/c1-10-13(21(29)26-15-5-6-25-11(2)18(10)15)9-17(28)27-20-19-14(24)7-12(23)8-16(19)30-22(20,3)4;;/h5-8,20,25H,9H2,1-4H3,(H,26,29)(H,27,28);2*1H/t20-;;/m0../s1. The van der Waals surface area contributed by atoms with Gasteiger partial charge < -0.3 is 20.4 Å². The molecule has 2 aromatic rings. The van der Waals surface area contributed by atoms with Gasteiger partial charge in [0.15, 0.2) is 0 Å². The number of H-pyrrole nitrogens is 1. The summed E-state index contributed by atoms with van der Waals surface area (Å²) in [5.74, 6) is -1.93. The first-order valence-electron chi connectivity index (χ1n) is 9.58. The molecule has 3 heterocycles. The van der Waals surface area contributed by atoms with Crippen LogP contribution >= 0.6 is 0 Å². The van der Waals surface area contributed by atoms with E-state index in [2.05, 4.69) is 15.6 Å². The minimum Gasteiger partial charge on any atom is -0.485 e. The number of hydrogen-bond acceptors (Lipinski definition) is 4. The van der Waals surface area contributed by atoms with Gasteiger partial charge in [0.1, 0.15) is 23.0 Å². The molecule has 0 saturated heterocycles. The largest absolute Gasteiger partial charge is 0.485 e. The van der Waals surface area contributed by atoms with Gasteiger partial charge >= 0.3 is 0 Å². The number of carbonyl (C=O) groups excluding carboxylic acids is 1. The number of nitrogens with one attached hydrogen (secondary N) is 3. The van der Waals surface area contributed by atoms with Crippen molar-refractivity contribution < 1.29 is 21.2 Å². The Hall–Kier alpha value is -3.16. The third kappa shape index (κ3) is 3.26. The number of fused-ring (bicyclic) bond motifs is 2. The van der Waals surface area contributed by atoms with Crippen LogP contribution in [0.5, 0.6) is 5.75 Å². The number of carbonyl (C=O) groups is 1. The number of halogens is 2. The van der Waals surface area contributed by atoms with Crippen molar-refractivity contribution in [2.45, 2.75) is 45.8 Å². The van der Waals surface area contributed by atoms with Gasteiger partial charge in [0.25, 0.3) is 5.56 Å². The Balaban J connectivity index is 0.00000181. The molecule has 0 fully saturated rings. The minimum atomic E-state index is -0.983. The second-order valence-electron chi connectivity index (χ2n) is 8.13. The van der Waals surface area contributed by atoms with E-state index >= 15 is 0 Å². The molecule has 0 spiro atoms. The summed E-state index contributed by atoms with van der Waals surface area (Å²) in [6.07, 6.45) is 3.31. The molecule has 0 saturated carbocycles. The zero-order valence-corrected chi connectivity index (χ0v) is 17.1. The SMILES string of the molecule is C[C]1NC=Cc2[nH]c(=O)c(CC(=O)N[C@H]3c4c(F)cc(F)cc4OC3(C)C)c(C)c21.[HH].[HH]. The summed E-state index contributed by atoms with van der Waals surface area (Å²) in [5.41, 5.74) is 1.33. The zero-order valence-electron chi connectivity index (χ0n) is 17.1. The molecule has 0 bridgehead atoms. The summed E-state index contributed by atoms with van der Waals surface area (Å²) >= 11 is 0. The first-order valence-corrected chi connectivity index (χ1v) is 9.58. The van der Waals surface area contributed by atoms with E-state index in [1.807, 2.05) is 6.92 Å². The molecule has 0 unspecified atom stereocenters. The normalized spacial score (nSPS) is 18.9. The molecule has 1 radical (unpaired) electrons. The number of amides is 1. The van der Waals surface area contributed by atoms with E-state index < -0.39 is 29.2 Å². The fourth-order valence-electron chi connectivity index (χ4n) is 4.16.